The van der Waals surface area contributed by atoms with Crippen molar-refractivity contribution in [3.05, 3.63) is 23.8 Å². The fourth-order valence-corrected chi connectivity index (χ4v) is 3.46. The summed E-state index contributed by atoms with van der Waals surface area (Å²) in [7, 11) is 3.25. The maximum atomic E-state index is 9.68. The quantitative estimate of drug-likeness (QED) is 0.812. The van der Waals surface area contributed by atoms with Gasteiger partial charge in [0.05, 0.1) is 25.7 Å². The van der Waals surface area contributed by atoms with Crippen LogP contribution in [0, 0.1) is 16.7 Å². The third kappa shape index (κ3) is 2.14. The first kappa shape index (κ1) is 14.7. The molecule has 0 spiro atoms. The third-order valence-corrected chi connectivity index (χ3v) is 5.00. The van der Waals surface area contributed by atoms with E-state index in [0.29, 0.717) is 16.9 Å². The molecule has 1 aliphatic carbocycles. The molecule has 2 rings (SSSR count). The molecule has 0 radical (unpaired) electrons. The molecular formula is C17H23NO2. The summed E-state index contributed by atoms with van der Waals surface area (Å²) in [6.45, 7) is 4.44. The Hall–Kier alpha value is -1.69. The highest BCUT2D eigenvalue weighted by Crippen LogP contribution is 2.59. The Balaban J connectivity index is 2.34. The van der Waals surface area contributed by atoms with E-state index in [2.05, 4.69) is 19.9 Å². The van der Waals surface area contributed by atoms with E-state index in [4.69, 9.17) is 9.47 Å². The topological polar surface area (TPSA) is 42.2 Å². The van der Waals surface area contributed by atoms with Crippen LogP contribution in [-0.2, 0) is 5.41 Å². The molecule has 1 aromatic rings. The van der Waals surface area contributed by atoms with Crippen LogP contribution in [-0.4, -0.2) is 14.2 Å². The van der Waals surface area contributed by atoms with Crippen molar-refractivity contribution < 1.29 is 9.47 Å². The summed E-state index contributed by atoms with van der Waals surface area (Å²) in [4.78, 5) is 0. The average Bonchev–Trinajstić information content (AvgIpc) is 2.47. The van der Waals surface area contributed by atoms with Gasteiger partial charge in [-0.3, -0.25) is 0 Å². The molecule has 0 aromatic heterocycles. The van der Waals surface area contributed by atoms with Crippen molar-refractivity contribution in [1.82, 2.24) is 0 Å². The zero-order valence-electron chi connectivity index (χ0n) is 12.8. The minimum absolute atomic E-state index is 0.336. The lowest BCUT2D eigenvalue weighted by atomic mass is 9.49. The van der Waals surface area contributed by atoms with E-state index in [1.54, 1.807) is 14.2 Å². The van der Waals surface area contributed by atoms with Crippen molar-refractivity contribution in [2.75, 3.05) is 14.2 Å². The smallest absolute Gasteiger partial charge is 0.161 e. The molecule has 0 N–H and O–H groups in total. The second-order valence-electron chi connectivity index (χ2n) is 5.82. The standard InChI is InChI=1S/C17H23NO2/c1-5-16(6-2)10-17(11-16,12-18)13-7-8-14(19-3)15(9-13)20-4/h7-9H,5-6,10-11H2,1-4H3. The van der Waals surface area contributed by atoms with Gasteiger partial charge in [0.25, 0.3) is 0 Å². The Morgan fingerprint density at radius 2 is 1.70 bits per heavy atom. The highest BCUT2D eigenvalue weighted by molar-refractivity contribution is 5.48. The van der Waals surface area contributed by atoms with E-state index in [-0.39, 0.29) is 5.41 Å². The molecule has 0 aliphatic heterocycles. The number of nitrogens with zero attached hydrogens (tertiary/aromatic N) is 1. The normalized spacial score (nSPS) is 18.8. The van der Waals surface area contributed by atoms with Gasteiger partial charge in [0.2, 0.25) is 0 Å². The van der Waals surface area contributed by atoms with Crippen LogP contribution in [0.15, 0.2) is 18.2 Å². The third-order valence-electron chi connectivity index (χ3n) is 5.00. The number of rotatable bonds is 5. The van der Waals surface area contributed by atoms with Gasteiger partial charge in [0, 0.05) is 0 Å². The lowest BCUT2D eigenvalue weighted by molar-refractivity contribution is 0.0478. The van der Waals surface area contributed by atoms with Crippen LogP contribution in [0.5, 0.6) is 11.5 Å². The second-order valence-corrected chi connectivity index (χ2v) is 5.82. The number of hydrogen-bond donors (Lipinski definition) is 0. The Morgan fingerprint density at radius 3 is 2.15 bits per heavy atom. The van der Waals surface area contributed by atoms with Gasteiger partial charge in [-0.2, -0.15) is 5.26 Å². The molecule has 1 fully saturated rings. The summed E-state index contributed by atoms with van der Waals surface area (Å²) in [6, 6.07) is 8.40. The monoisotopic (exact) mass is 273 g/mol. The first-order valence-corrected chi connectivity index (χ1v) is 7.22. The molecule has 1 saturated carbocycles. The van der Waals surface area contributed by atoms with Crippen molar-refractivity contribution in [2.24, 2.45) is 5.41 Å². The molecular weight excluding hydrogens is 250 g/mol. The van der Waals surface area contributed by atoms with Gasteiger partial charge >= 0.3 is 0 Å². The number of hydrogen-bond acceptors (Lipinski definition) is 3. The molecule has 0 heterocycles. The van der Waals surface area contributed by atoms with Crippen molar-refractivity contribution in [1.29, 1.82) is 5.26 Å². The van der Waals surface area contributed by atoms with Crippen molar-refractivity contribution in [2.45, 2.75) is 44.9 Å². The number of ether oxygens (including phenoxy) is 2. The highest BCUT2D eigenvalue weighted by atomic mass is 16.5. The first-order valence-electron chi connectivity index (χ1n) is 7.22. The van der Waals surface area contributed by atoms with Crippen LogP contribution in [0.2, 0.25) is 0 Å². The number of methoxy groups -OCH3 is 2. The number of benzene rings is 1. The Kier molecular flexibility index (Phi) is 3.94. The lowest BCUT2D eigenvalue weighted by Crippen LogP contribution is -2.48. The summed E-state index contributed by atoms with van der Waals surface area (Å²) in [5.41, 5.74) is 1.03. The molecule has 0 atom stereocenters. The van der Waals surface area contributed by atoms with E-state index < -0.39 is 0 Å². The van der Waals surface area contributed by atoms with Gasteiger partial charge in [0.1, 0.15) is 0 Å². The lowest BCUT2D eigenvalue weighted by Gasteiger charge is -2.53. The van der Waals surface area contributed by atoms with E-state index in [1.807, 2.05) is 18.2 Å². The van der Waals surface area contributed by atoms with Gasteiger partial charge in [-0.05, 0) is 36.0 Å². The molecule has 1 aromatic carbocycles. The Bertz CT molecular complexity index is 518. The molecule has 1 aliphatic rings. The Morgan fingerprint density at radius 1 is 1.10 bits per heavy atom. The van der Waals surface area contributed by atoms with Crippen molar-refractivity contribution in [3.63, 3.8) is 0 Å². The fourth-order valence-electron chi connectivity index (χ4n) is 3.46. The minimum atomic E-state index is -0.356. The maximum absolute atomic E-state index is 9.68. The van der Waals surface area contributed by atoms with Crippen molar-refractivity contribution >= 4 is 0 Å². The average molecular weight is 273 g/mol. The molecule has 0 amide bonds. The predicted octanol–water partition coefficient (Wildman–Crippen LogP) is 4.07. The molecule has 0 saturated heterocycles. The highest BCUT2D eigenvalue weighted by Gasteiger charge is 2.54. The minimum Gasteiger partial charge on any atom is -0.493 e. The Labute approximate surface area is 121 Å². The summed E-state index contributed by atoms with van der Waals surface area (Å²) in [5, 5.41) is 9.68. The van der Waals surface area contributed by atoms with Gasteiger partial charge in [-0.25, -0.2) is 0 Å². The number of nitriles is 1. The molecule has 3 nitrogen and oxygen atoms in total. The summed E-state index contributed by atoms with van der Waals surface area (Å²) in [5.74, 6) is 1.41. The summed E-state index contributed by atoms with van der Waals surface area (Å²) >= 11 is 0. The van der Waals surface area contributed by atoms with Crippen LogP contribution in [0.3, 0.4) is 0 Å². The van der Waals surface area contributed by atoms with Gasteiger partial charge in [0.15, 0.2) is 11.5 Å². The SMILES string of the molecule is CCC1(CC)CC(C#N)(c2ccc(OC)c(OC)c2)C1. The van der Waals surface area contributed by atoms with Crippen LogP contribution < -0.4 is 9.47 Å². The van der Waals surface area contributed by atoms with Crippen LogP contribution in [0.4, 0.5) is 0 Å². The summed E-state index contributed by atoms with van der Waals surface area (Å²) < 4.78 is 10.6. The molecule has 3 heteroatoms. The van der Waals surface area contributed by atoms with Gasteiger partial charge in [-0.15, -0.1) is 0 Å². The summed E-state index contributed by atoms with van der Waals surface area (Å²) in [6.07, 6.45) is 4.17. The predicted molar refractivity (Wildman–Crippen MR) is 79.1 cm³/mol. The molecule has 20 heavy (non-hydrogen) atoms. The van der Waals surface area contributed by atoms with E-state index in [1.165, 1.54) is 0 Å². The zero-order valence-corrected chi connectivity index (χ0v) is 12.8. The van der Waals surface area contributed by atoms with Crippen molar-refractivity contribution in [3.8, 4) is 17.6 Å². The van der Waals surface area contributed by atoms with Gasteiger partial charge in [-0.1, -0.05) is 32.8 Å². The largest absolute Gasteiger partial charge is 0.493 e. The first-order chi connectivity index (χ1) is 9.58. The molecule has 0 unspecified atom stereocenters. The van der Waals surface area contributed by atoms with Crippen LogP contribution in [0.1, 0.15) is 45.1 Å². The van der Waals surface area contributed by atoms with Crippen LogP contribution >= 0.6 is 0 Å². The molecule has 108 valence electrons. The van der Waals surface area contributed by atoms with E-state index >= 15 is 0 Å². The van der Waals surface area contributed by atoms with E-state index in [9.17, 15) is 5.26 Å². The fraction of sp³-hybridized carbons (Fsp3) is 0.588. The van der Waals surface area contributed by atoms with Crippen LogP contribution in [0.25, 0.3) is 0 Å². The molecule has 0 bridgehead atoms. The maximum Gasteiger partial charge on any atom is 0.161 e. The van der Waals surface area contributed by atoms with Gasteiger partial charge < -0.3 is 9.47 Å². The zero-order chi connectivity index (χ0) is 14.8. The van der Waals surface area contributed by atoms with E-state index in [0.717, 1.165) is 31.2 Å². The second kappa shape index (κ2) is 5.36.